The van der Waals surface area contributed by atoms with Crippen molar-refractivity contribution in [3.05, 3.63) is 28.2 Å². The number of anilines is 1. The molecule has 1 aromatic rings. The molecule has 0 atom stereocenters. The lowest BCUT2D eigenvalue weighted by Crippen LogP contribution is -2.04. The van der Waals surface area contributed by atoms with Gasteiger partial charge in [0.2, 0.25) is 0 Å². The molecular weight excluding hydrogens is 288 g/mol. The smallest absolute Gasteiger partial charge is 0.0992 e. The molecule has 1 saturated carbocycles. The van der Waals surface area contributed by atoms with Crippen LogP contribution in [0.4, 0.5) is 5.69 Å². The number of halogens is 1. The van der Waals surface area contributed by atoms with E-state index in [1.54, 1.807) is 0 Å². The number of nitrogens with zero attached hydrogens (tertiary/aromatic N) is 1. The molecular formula is C15H19BrN2. The third-order valence-electron chi connectivity index (χ3n) is 3.62. The van der Waals surface area contributed by atoms with E-state index in [-0.39, 0.29) is 0 Å². The van der Waals surface area contributed by atoms with Gasteiger partial charge in [-0.05, 0) is 37.0 Å². The Bertz CT molecular complexity index is 431. The molecule has 0 amide bonds. The second-order valence-corrected chi connectivity index (χ2v) is 5.98. The molecule has 0 bridgehead atoms. The van der Waals surface area contributed by atoms with E-state index in [4.69, 9.17) is 5.26 Å². The minimum Gasteiger partial charge on any atom is -0.385 e. The molecule has 0 unspecified atom stereocenters. The summed E-state index contributed by atoms with van der Waals surface area (Å²) in [4.78, 5) is 0. The highest BCUT2D eigenvalue weighted by atomic mass is 79.9. The van der Waals surface area contributed by atoms with Crippen molar-refractivity contribution in [3.8, 4) is 6.07 Å². The van der Waals surface area contributed by atoms with Crippen molar-refractivity contribution in [3.63, 3.8) is 0 Å². The first-order chi connectivity index (χ1) is 8.78. The van der Waals surface area contributed by atoms with Gasteiger partial charge in [0, 0.05) is 16.7 Å². The Labute approximate surface area is 118 Å². The van der Waals surface area contributed by atoms with Crippen molar-refractivity contribution < 1.29 is 0 Å². The van der Waals surface area contributed by atoms with Gasteiger partial charge in [0.05, 0.1) is 11.6 Å². The molecule has 1 fully saturated rings. The molecule has 18 heavy (non-hydrogen) atoms. The molecule has 0 aliphatic heterocycles. The van der Waals surface area contributed by atoms with Crippen molar-refractivity contribution in [2.75, 3.05) is 11.9 Å². The summed E-state index contributed by atoms with van der Waals surface area (Å²) in [6.07, 6.45) is 8.26. The normalized spacial score (nSPS) is 15.6. The first kappa shape index (κ1) is 13.4. The summed E-state index contributed by atoms with van der Waals surface area (Å²) in [5.74, 6) is 0.962. The molecule has 0 saturated heterocycles. The quantitative estimate of drug-likeness (QED) is 0.800. The van der Waals surface area contributed by atoms with Crippen molar-refractivity contribution >= 4 is 21.6 Å². The van der Waals surface area contributed by atoms with Crippen LogP contribution in [0.2, 0.25) is 0 Å². The van der Waals surface area contributed by atoms with E-state index >= 15 is 0 Å². The largest absolute Gasteiger partial charge is 0.385 e. The lowest BCUT2D eigenvalue weighted by Gasteiger charge is -2.10. The number of benzene rings is 1. The average Bonchev–Trinajstić information content (AvgIpc) is 2.87. The van der Waals surface area contributed by atoms with E-state index in [0.717, 1.165) is 22.6 Å². The van der Waals surface area contributed by atoms with Gasteiger partial charge < -0.3 is 5.32 Å². The average molecular weight is 307 g/mol. The van der Waals surface area contributed by atoms with E-state index in [2.05, 4.69) is 27.3 Å². The second kappa shape index (κ2) is 6.80. The number of rotatable bonds is 5. The Kier molecular flexibility index (Phi) is 5.07. The van der Waals surface area contributed by atoms with Crippen LogP contribution in [0.1, 0.15) is 44.1 Å². The minimum absolute atomic E-state index is 0.697. The summed E-state index contributed by atoms with van der Waals surface area (Å²) in [5.41, 5.74) is 1.73. The lowest BCUT2D eigenvalue weighted by atomic mass is 10.0. The Morgan fingerprint density at radius 3 is 2.78 bits per heavy atom. The van der Waals surface area contributed by atoms with Crippen LogP contribution in [0, 0.1) is 17.2 Å². The molecule has 2 nitrogen and oxygen atoms in total. The van der Waals surface area contributed by atoms with Crippen LogP contribution in [-0.4, -0.2) is 6.54 Å². The SMILES string of the molecule is N#Cc1cc(Br)cc(NCCCC2CCCC2)c1. The predicted molar refractivity (Wildman–Crippen MR) is 78.5 cm³/mol. The van der Waals surface area contributed by atoms with Crippen LogP contribution in [0.15, 0.2) is 22.7 Å². The summed E-state index contributed by atoms with van der Waals surface area (Å²) in [5, 5.41) is 12.3. The molecule has 1 N–H and O–H groups in total. The molecule has 0 spiro atoms. The Balaban J connectivity index is 1.75. The predicted octanol–water partition coefficient (Wildman–Crippen LogP) is 4.70. The van der Waals surface area contributed by atoms with E-state index in [1.807, 2.05) is 18.2 Å². The molecule has 0 heterocycles. The van der Waals surface area contributed by atoms with Crippen LogP contribution >= 0.6 is 15.9 Å². The van der Waals surface area contributed by atoms with E-state index in [1.165, 1.54) is 38.5 Å². The third kappa shape index (κ3) is 4.03. The fourth-order valence-corrected chi connectivity index (χ4v) is 3.17. The fourth-order valence-electron chi connectivity index (χ4n) is 2.68. The van der Waals surface area contributed by atoms with Crippen LogP contribution in [0.3, 0.4) is 0 Å². The van der Waals surface area contributed by atoms with Crippen LogP contribution < -0.4 is 5.32 Å². The van der Waals surface area contributed by atoms with Gasteiger partial charge in [-0.25, -0.2) is 0 Å². The summed E-state index contributed by atoms with van der Waals surface area (Å²) < 4.78 is 0.958. The maximum absolute atomic E-state index is 8.90. The fraction of sp³-hybridized carbons (Fsp3) is 0.533. The summed E-state index contributed by atoms with van der Waals surface area (Å²) in [7, 11) is 0. The van der Waals surface area contributed by atoms with Gasteiger partial charge in [-0.15, -0.1) is 0 Å². The molecule has 1 aromatic carbocycles. The second-order valence-electron chi connectivity index (χ2n) is 5.06. The first-order valence-electron chi connectivity index (χ1n) is 6.72. The van der Waals surface area contributed by atoms with Gasteiger partial charge in [0.15, 0.2) is 0 Å². The zero-order valence-electron chi connectivity index (χ0n) is 10.6. The summed E-state index contributed by atoms with van der Waals surface area (Å²) >= 11 is 3.43. The number of hydrogen-bond donors (Lipinski definition) is 1. The molecule has 2 rings (SSSR count). The molecule has 0 aromatic heterocycles. The minimum atomic E-state index is 0.697. The molecule has 1 aliphatic rings. The van der Waals surface area contributed by atoms with Crippen LogP contribution in [0.5, 0.6) is 0 Å². The van der Waals surface area contributed by atoms with Crippen molar-refractivity contribution in [1.82, 2.24) is 0 Å². The highest BCUT2D eigenvalue weighted by molar-refractivity contribution is 9.10. The molecule has 96 valence electrons. The maximum Gasteiger partial charge on any atom is 0.0992 e. The number of nitriles is 1. The summed E-state index contributed by atoms with van der Waals surface area (Å²) in [6, 6.07) is 7.94. The Morgan fingerprint density at radius 2 is 2.06 bits per heavy atom. The van der Waals surface area contributed by atoms with Gasteiger partial charge in [-0.2, -0.15) is 5.26 Å². The van der Waals surface area contributed by atoms with Gasteiger partial charge >= 0.3 is 0 Å². The zero-order valence-corrected chi connectivity index (χ0v) is 12.2. The standard InChI is InChI=1S/C15H19BrN2/c16-14-8-13(11-17)9-15(10-14)18-7-3-6-12-4-1-2-5-12/h8-10,12,18H,1-7H2. The lowest BCUT2D eigenvalue weighted by molar-refractivity contribution is 0.491. The van der Waals surface area contributed by atoms with Crippen molar-refractivity contribution in [1.29, 1.82) is 5.26 Å². The first-order valence-corrected chi connectivity index (χ1v) is 7.52. The molecule has 1 aliphatic carbocycles. The molecule has 0 radical (unpaired) electrons. The van der Waals surface area contributed by atoms with Gasteiger partial charge in [0.25, 0.3) is 0 Å². The van der Waals surface area contributed by atoms with E-state index in [0.29, 0.717) is 5.56 Å². The monoisotopic (exact) mass is 306 g/mol. The van der Waals surface area contributed by atoms with Gasteiger partial charge in [-0.1, -0.05) is 41.6 Å². The Hall–Kier alpha value is -1.01. The van der Waals surface area contributed by atoms with Crippen molar-refractivity contribution in [2.24, 2.45) is 5.92 Å². The highest BCUT2D eigenvalue weighted by Gasteiger charge is 2.13. The maximum atomic E-state index is 8.90. The Morgan fingerprint density at radius 1 is 1.28 bits per heavy atom. The van der Waals surface area contributed by atoms with Crippen LogP contribution in [0.25, 0.3) is 0 Å². The van der Waals surface area contributed by atoms with Gasteiger partial charge in [0.1, 0.15) is 0 Å². The van der Waals surface area contributed by atoms with Gasteiger partial charge in [-0.3, -0.25) is 0 Å². The zero-order chi connectivity index (χ0) is 12.8. The van der Waals surface area contributed by atoms with E-state index < -0.39 is 0 Å². The number of nitrogens with one attached hydrogen (secondary N) is 1. The van der Waals surface area contributed by atoms with Crippen molar-refractivity contribution in [2.45, 2.75) is 38.5 Å². The highest BCUT2D eigenvalue weighted by Crippen LogP contribution is 2.28. The van der Waals surface area contributed by atoms with Crippen LogP contribution in [-0.2, 0) is 0 Å². The van der Waals surface area contributed by atoms with E-state index in [9.17, 15) is 0 Å². The topological polar surface area (TPSA) is 35.8 Å². The number of hydrogen-bond acceptors (Lipinski definition) is 2. The summed E-state index contributed by atoms with van der Waals surface area (Å²) in [6.45, 7) is 0.998. The molecule has 3 heteroatoms. The third-order valence-corrected chi connectivity index (χ3v) is 4.08.